The Kier molecular flexibility index (Phi) is 4.33. The molecule has 142 valence electrons. The van der Waals surface area contributed by atoms with E-state index in [9.17, 15) is 14.4 Å². The summed E-state index contributed by atoms with van der Waals surface area (Å²) < 4.78 is 0. The summed E-state index contributed by atoms with van der Waals surface area (Å²) in [5.74, 6) is 0.233. The summed E-state index contributed by atoms with van der Waals surface area (Å²) in [7, 11) is 3.63. The van der Waals surface area contributed by atoms with Crippen molar-refractivity contribution in [2.75, 3.05) is 32.1 Å². The number of aromatic amines is 2. The number of pyridine rings is 1. The molecule has 0 spiro atoms. The number of rotatable bonds is 2. The number of nitrogens with zero attached hydrogens (tertiary/aromatic N) is 3. The van der Waals surface area contributed by atoms with Gasteiger partial charge in [-0.15, -0.1) is 0 Å². The van der Waals surface area contributed by atoms with Crippen molar-refractivity contribution < 1.29 is 4.79 Å². The molecule has 0 radical (unpaired) electrons. The first kappa shape index (κ1) is 17.5. The Morgan fingerprint density at radius 2 is 1.85 bits per heavy atom. The smallest absolute Gasteiger partial charge is 0.261 e. The van der Waals surface area contributed by atoms with Gasteiger partial charge in [0.25, 0.3) is 17.0 Å². The molecule has 0 bridgehead atoms. The highest BCUT2D eigenvalue weighted by Crippen LogP contribution is 2.20. The zero-order chi connectivity index (χ0) is 19.1. The number of anilines is 1. The van der Waals surface area contributed by atoms with Crippen molar-refractivity contribution in [1.82, 2.24) is 19.9 Å². The molecule has 1 amide bonds. The van der Waals surface area contributed by atoms with Gasteiger partial charge in [-0.2, -0.15) is 0 Å². The van der Waals surface area contributed by atoms with Crippen LogP contribution in [0, 0.1) is 0 Å². The molecule has 0 atom stereocenters. The average molecular weight is 369 g/mol. The van der Waals surface area contributed by atoms with E-state index >= 15 is 0 Å². The number of aryl methyl sites for hydroxylation is 2. The molecule has 2 N–H and O–H groups in total. The minimum atomic E-state index is -0.326. The third-order valence-corrected chi connectivity index (χ3v) is 5.37. The Bertz CT molecular complexity index is 1020. The number of aromatic nitrogens is 3. The summed E-state index contributed by atoms with van der Waals surface area (Å²) in [6, 6.07) is 1.75. The van der Waals surface area contributed by atoms with Crippen LogP contribution in [0.3, 0.4) is 0 Å². The molecule has 8 nitrogen and oxygen atoms in total. The number of fused-ring (bicyclic) bond motifs is 2. The first-order chi connectivity index (χ1) is 12.9. The lowest BCUT2D eigenvalue weighted by Gasteiger charge is -2.20. The summed E-state index contributed by atoms with van der Waals surface area (Å²) in [5, 5.41) is 0. The van der Waals surface area contributed by atoms with Gasteiger partial charge in [0.05, 0.1) is 5.69 Å². The van der Waals surface area contributed by atoms with Crippen LogP contribution in [0.25, 0.3) is 0 Å². The number of H-pyrrole nitrogens is 2. The lowest BCUT2D eigenvalue weighted by Crippen LogP contribution is -2.37. The van der Waals surface area contributed by atoms with E-state index in [0.29, 0.717) is 37.4 Å². The molecular weight excluding hydrogens is 346 g/mol. The first-order valence-corrected chi connectivity index (χ1v) is 9.28. The van der Waals surface area contributed by atoms with E-state index in [-0.39, 0.29) is 22.6 Å². The predicted molar refractivity (Wildman–Crippen MR) is 102 cm³/mol. The van der Waals surface area contributed by atoms with Crippen molar-refractivity contribution in [3.8, 4) is 0 Å². The van der Waals surface area contributed by atoms with E-state index in [0.717, 1.165) is 36.2 Å². The van der Waals surface area contributed by atoms with Gasteiger partial charge in [0, 0.05) is 44.9 Å². The van der Waals surface area contributed by atoms with Crippen LogP contribution in [-0.2, 0) is 25.7 Å². The summed E-state index contributed by atoms with van der Waals surface area (Å²) in [5.41, 5.74) is 3.06. The molecule has 2 aromatic heterocycles. The van der Waals surface area contributed by atoms with Crippen molar-refractivity contribution in [1.29, 1.82) is 0 Å². The van der Waals surface area contributed by atoms with Crippen LogP contribution in [0.15, 0.2) is 15.7 Å². The topological polar surface area (TPSA) is 102 Å². The van der Waals surface area contributed by atoms with Crippen molar-refractivity contribution in [2.24, 2.45) is 0 Å². The molecule has 27 heavy (non-hydrogen) atoms. The maximum absolute atomic E-state index is 13.0. The second-order valence-corrected chi connectivity index (χ2v) is 7.37. The van der Waals surface area contributed by atoms with E-state index < -0.39 is 0 Å². The number of amides is 1. The fraction of sp³-hybridized carbons (Fsp3) is 0.474. The number of hydrogen-bond donors (Lipinski definition) is 2. The molecule has 0 saturated heterocycles. The quantitative estimate of drug-likeness (QED) is 0.790. The van der Waals surface area contributed by atoms with Crippen LogP contribution >= 0.6 is 0 Å². The standard InChI is InChI=1S/C19H23N5O3/c1-23(2)19-21-15-7-9-24(8-6-12(15)16(25)22-19)18(27)13-10-11-4-3-5-14(11)20-17(13)26/h10H,3-9H2,1-2H3,(H,20,26)(H,21,22,25). The molecule has 1 aliphatic carbocycles. The Balaban J connectivity index is 1.60. The van der Waals surface area contributed by atoms with Crippen LogP contribution in [0.1, 0.15) is 39.3 Å². The zero-order valence-corrected chi connectivity index (χ0v) is 15.6. The Hall–Kier alpha value is -2.90. The van der Waals surface area contributed by atoms with Crippen LogP contribution in [0.4, 0.5) is 5.95 Å². The number of hydrogen-bond acceptors (Lipinski definition) is 5. The van der Waals surface area contributed by atoms with Crippen LogP contribution in [0.5, 0.6) is 0 Å². The Labute approximate surface area is 156 Å². The first-order valence-electron chi connectivity index (χ1n) is 9.28. The van der Waals surface area contributed by atoms with E-state index in [1.54, 1.807) is 15.9 Å². The Morgan fingerprint density at radius 1 is 1.07 bits per heavy atom. The highest BCUT2D eigenvalue weighted by molar-refractivity contribution is 5.94. The normalized spacial score (nSPS) is 15.9. The lowest BCUT2D eigenvalue weighted by atomic mass is 10.1. The van der Waals surface area contributed by atoms with Crippen molar-refractivity contribution in [3.05, 3.63) is 54.9 Å². The van der Waals surface area contributed by atoms with Gasteiger partial charge in [0.15, 0.2) is 0 Å². The third kappa shape index (κ3) is 3.15. The number of carbonyl (C=O) groups excluding carboxylic acids is 1. The summed E-state index contributed by atoms with van der Waals surface area (Å²) in [6.45, 7) is 0.833. The minimum absolute atomic E-state index is 0.159. The van der Waals surface area contributed by atoms with Gasteiger partial charge in [0.2, 0.25) is 5.95 Å². The monoisotopic (exact) mass is 369 g/mol. The lowest BCUT2D eigenvalue weighted by molar-refractivity contribution is 0.0761. The molecule has 8 heteroatoms. The summed E-state index contributed by atoms with van der Waals surface area (Å²) in [6.07, 6.45) is 3.68. The molecule has 3 heterocycles. The molecule has 4 rings (SSSR count). The van der Waals surface area contributed by atoms with Crippen LogP contribution < -0.4 is 16.0 Å². The second kappa shape index (κ2) is 6.68. The summed E-state index contributed by atoms with van der Waals surface area (Å²) >= 11 is 0. The molecule has 0 unspecified atom stereocenters. The molecule has 0 aromatic carbocycles. The predicted octanol–water partition coefficient (Wildman–Crippen LogP) is 0.254. The fourth-order valence-corrected chi connectivity index (χ4v) is 3.85. The van der Waals surface area contributed by atoms with Gasteiger partial charge in [0.1, 0.15) is 5.56 Å². The zero-order valence-electron chi connectivity index (χ0n) is 15.6. The van der Waals surface area contributed by atoms with E-state index in [1.165, 1.54) is 0 Å². The highest BCUT2D eigenvalue weighted by Gasteiger charge is 2.26. The third-order valence-electron chi connectivity index (χ3n) is 5.37. The molecule has 0 fully saturated rings. The van der Waals surface area contributed by atoms with Crippen molar-refractivity contribution >= 4 is 11.9 Å². The SMILES string of the molecule is CN(C)c1nc2c(c(=O)[nH]1)CCN(C(=O)c1cc3c([nH]c1=O)CCC3)CC2. The Morgan fingerprint density at radius 3 is 2.63 bits per heavy atom. The maximum Gasteiger partial charge on any atom is 0.261 e. The highest BCUT2D eigenvalue weighted by atomic mass is 16.2. The fourth-order valence-electron chi connectivity index (χ4n) is 3.85. The number of carbonyl (C=O) groups is 1. The van der Waals surface area contributed by atoms with Gasteiger partial charge < -0.3 is 14.8 Å². The molecule has 2 aromatic rings. The largest absolute Gasteiger partial charge is 0.348 e. The van der Waals surface area contributed by atoms with Crippen molar-refractivity contribution in [2.45, 2.75) is 32.1 Å². The molecule has 0 saturated carbocycles. The van der Waals surface area contributed by atoms with E-state index in [2.05, 4.69) is 15.0 Å². The van der Waals surface area contributed by atoms with E-state index in [1.807, 2.05) is 14.1 Å². The summed E-state index contributed by atoms with van der Waals surface area (Å²) in [4.78, 5) is 51.3. The van der Waals surface area contributed by atoms with Crippen LogP contribution in [-0.4, -0.2) is 52.9 Å². The van der Waals surface area contributed by atoms with Gasteiger partial charge in [-0.05, 0) is 37.3 Å². The van der Waals surface area contributed by atoms with Crippen molar-refractivity contribution in [3.63, 3.8) is 0 Å². The van der Waals surface area contributed by atoms with Crippen LogP contribution in [0.2, 0.25) is 0 Å². The van der Waals surface area contributed by atoms with E-state index in [4.69, 9.17) is 0 Å². The van der Waals surface area contributed by atoms with Gasteiger partial charge in [-0.25, -0.2) is 4.98 Å². The van der Waals surface area contributed by atoms with Gasteiger partial charge in [-0.3, -0.25) is 19.4 Å². The number of nitrogens with one attached hydrogen (secondary N) is 2. The van der Waals surface area contributed by atoms with Gasteiger partial charge in [-0.1, -0.05) is 0 Å². The molecule has 2 aliphatic rings. The van der Waals surface area contributed by atoms with Gasteiger partial charge >= 0.3 is 0 Å². The second-order valence-electron chi connectivity index (χ2n) is 7.37. The minimum Gasteiger partial charge on any atom is -0.348 e. The maximum atomic E-state index is 13.0. The molecule has 1 aliphatic heterocycles. The average Bonchev–Trinajstić information content (AvgIpc) is 2.96. The molecular formula is C19H23N5O3.